The minimum absolute atomic E-state index is 0.316. The van der Waals surface area contributed by atoms with Crippen LogP contribution in [0, 0.1) is 0 Å². The van der Waals surface area contributed by atoms with E-state index in [0.717, 1.165) is 11.3 Å². The quantitative estimate of drug-likeness (QED) is 0.891. The zero-order valence-corrected chi connectivity index (χ0v) is 13.0. The average molecular weight is 305 g/mol. The Hall–Kier alpha value is -2.01. The number of hydrogen-bond donors (Lipinski definition) is 1. The van der Waals surface area contributed by atoms with Crippen LogP contribution < -0.4 is 10.1 Å². The summed E-state index contributed by atoms with van der Waals surface area (Å²) in [4.78, 5) is 0.316. The van der Waals surface area contributed by atoms with Crippen molar-refractivity contribution >= 4 is 15.5 Å². The summed E-state index contributed by atoms with van der Waals surface area (Å²) in [5, 5.41) is 3.17. The Bertz CT molecular complexity index is 694. The molecule has 5 heteroatoms. The number of para-hydroxylation sites is 1. The molecule has 0 saturated heterocycles. The predicted octanol–water partition coefficient (Wildman–Crippen LogP) is 3.10. The summed E-state index contributed by atoms with van der Waals surface area (Å²) in [6.45, 7) is 3.13. The van der Waals surface area contributed by atoms with Crippen LogP contribution in [0.4, 0.5) is 5.69 Å². The summed E-state index contributed by atoms with van der Waals surface area (Å²) in [5.41, 5.74) is 1.68. The normalized spacial score (nSPS) is 11.1. The van der Waals surface area contributed by atoms with Gasteiger partial charge in [0.05, 0.1) is 17.2 Å². The van der Waals surface area contributed by atoms with Gasteiger partial charge in [-0.2, -0.15) is 0 Å². The molecule has 0 atom stereocenters. The molecular weight excluding hydrogens is 286 g/mol. The molecule has 0 bridgehead atoms. The van der Waals surface area contributed by atoms with Crippen LogP contribution in [0.5, 0.6) is 5.75 Å². The van der Waals surface area contributed by atoms with Crippen LogP contribution in [-0.2, 0) is 16.4 Å². The highest BCUT2D eigenvalue weighted by Gasteiger charge is 2.11. The molecule has 0 aromatic heterocycles. The van der Waals surface area contributed by atoms with Gasteiger partial charge in [0.15, 0.2) is 9.84 Å². The first-order chi connectivity index (χ1) is 10.0. The fourth-order valence-corrected chi connectivity index (χ4v) is 2.87. The molecule has 0 spiro atoms. The van der Waals surface area contributed by atoms with Crippen LogP contribution in [0.3, 0.4) is 0 Å². The van der Waals surface area contributed by atoms with Crippen LogP contribution in [0.25, 0.3) is 0 Å². The maximum atomic E-state index is 11.7. The van der Waals surface area contributed by atoms with Crippen molar-refractivity contribution in [2.45, 2.75) is 18.4 Å². The predicted molar refractivity (Wildman–Crippen MR) is 84.5 cm³/mol. The van der Waals surface area contributed by atoms with Crippen LogP contribution in [0.15, 0.2) is 53.4 Å². The first-order valence-corrected chi connectivity index (χ1v) is 8.64. The molecule has 0 heterocycles. The van der Waals surface area contributed by atoms with E-state index in [-0.39, 0.29) is 0 Å². The Labute approximate surface area is 125 Å². The molecule has 4 nitrogen and oxygen atoms in total. The Kier molecular flexibility index (Phi) is 4.85. The first-order valence-electron chi connectivity index (χ1n) is 6.75. The van der Waals surface area contributed by atoms with E-state index in [0.29, 0.717) is 23.7 Å². The molecule has 2 rings (SSSR count). The van der Waals surface area contributed by atoms with Crippen molar-refractivity contribution in [3.05, 3.63) is 54.1 Å². The second-order valence-electron chi connectivity index (χ2n) is 4.70. The van der Waals surface area contributed by atoms with E-state index in [1.807, 2.05) is 37.3 Å². The molecule has 0 amide bonds. The Morgan fingerprint density at radius 1 is 1.05 bits per heavy atom. The van der Waals surface area contributed by atoms with Crippen molar-refractivity contribution < 1.29 is 13.2 Å². The van der Waals surface area contributed by atoms with Gasteiger partial charge in [0.2, 0.25) is 0 Å². The lowest BCUT2D eigenvalue weighted by Crippen LogP contribution is -2.06. The third kappa shape index (κ3) is 4.23. The molecule has 0 aliphatic carbocycles. The number of ether oxygens (including phenoxy) is 1. The summed E-state index contributed by atoms with van der Waals surface area (Å²) >= 11 is 0. The van der Waals surface area contributed by atoms with Gasteiger partial charge >= 0.3 is 0 Å². The molecule has 2 aromatic carbocycles. The first kappa shape index (κ1) is 15.4. The van der Waals surface area contributed by atoms with E-state index in [1.54, 1.807) is 18.2 Å². The zero-order valence-electron chi connectivity index (χ0n) is 12.2. The van der Waals surface area contributed by atoms with Gasteiger partial charge in [-0.25, -0.2) is 8.42 Å². The maximum absolute atomic E-state index is 11.7. The Balaban J connectivity index is 2.10. The molecule has 2 aromatic rings. The number of sulfone groups is 1. The van der Waals surface area contributed by atoms with E-state index in [1.165, 1.54) is 6.26 Å². The Morgan fingerprint density at radius 2 is 1.71 bits per heavy atom. The summed E-state index contributed by atoms with van der Waals surface area (Å²) in [6.07, 6.45) is 1.21. The molecule has 0 fully saturated rings. The van der Waals surface area contributed by atoms with Crippen molar-refractivity contribution in [1.29, 1.82) is 0 Å². The molecule has 0 radical (unpaired) electrons. The van der Waals surface area contributed by atoms with Crippen molar-refractivity contribution in [2.24, 2.45) is 0 Å². The standard InChI is InChI=1S/C16H19NO3S/c1-3-20-14-10-8-13(9-11-14)12-17-15-6-4-5-7-16(15)21(2,18)19/h4-11,17H,3,12H2,1-2H3. The molecule has 112 valence electrons. The number of nitrogens with one attached hydrogen (secondary N) is 1. The largest absolute Gasteiger partial charge is 0.494 e. The number of anilines is 1. The minimum Gasteiger partial charge on any atom is -0.494 e. The fraction of sp³-hybridized carbons (Fsp3) is 0.250. The highest BCUT2D eigenvalue weighted by atomic mass is 32.2. The highest BCUT2D eigenvalue weighted by Crippen LogP contribution is 2.21. The lowest BCUT2D eigenvalue weighted by Gasteiger charge is -2.11. The van der Waals surface area contributed by atoms with Gasteiger partial charge in [-0.1, -0.05) is 24.3 Å². The number of hydrogen-bond acceptors (Lipinski definition) is 4. The molecule has 0 aliphatic rings. The van der Waals surface area contributed by atoms with E-state index in [2.05, 4.69) is 5.32 Å². The smallest absolute Gasteiger partial charge is 0.177 e. The zero-order chi connectivity index (χ0) is 15.3. The van der Waals surface area contributed by atoms with Gasteiger partial charge in [0.25, 0.3) is 0 Å². The van der Waals surface area contributed by atoms with E-state index < -0.39 is 9.84 Å². The van der Waals surface area contributed by atoms with Crippen molar-refractivity contribution in [3.8, 4) is 5.75 Å². The molecular formula is C16H19NO3S. The third-order valence-corrected chi connectivity index (χ3v) is 4.16. The second-order valence-corrected chi connectivity index (χ2v) is 6.68. The van der Waals surface area contributed by atoms with E-state index in [9.17, 15) is 8.42 Å². The summed E-state index contributed by atoms with van der Waals surface area (Å²) in [7, 11) is -3.23. The van der Waals surface area contributed by atoms with Crippen LogP contribution >= 0.6 is 0 Å². The van der Waals surface area contributed by atoms with Gasteiger partial charge < -0.3 is 10.1 Å². The van der Waals surface area contributed by atoms with Crippen LogP contribution in [-0.4, -0.2) is 21.3 Å². The van der Waals surface area contributed by atoms with Crippen LogP contribution in [0.1, 0.15) is 12.5 Å². The topological polar surface area (TPSA) is 55.4 Å². The minimum atomic E-state index is -3.23. The van der Waals surface area contributed by atoms with E-state index in [4.69, 9.17) is 4.74 Å². The lowest BCUT2D eigenvalue weighted by atomic mass is 10.2. The molecule has 1 N–H and O–H groups in total. The summed E-state index contributed by atoms with van der Waals surface area (Å²) < 4.78 is 28.8. The highest BCUT2D eigenvalue weighted by molar-refractivity contribution is 7.90. The average Bonchev–Trinajstić information content (AvgIpc) is 2.46. The molecule has 0 saturated carbocycles. The van der Waals surface area contributed by atoms with E-state index >= 15 is 0 Å². The lowest BCUT2D eigenvalue weighted by molar-refractivity contribution is 0.340. The number of benzene rings is 2. The summed E-state index contributed by atoms with van der Waals surface area (Å²) in [5.74, 6) is 0.831. The Morgan fingerprint density at radius 3 is 2.33 bits per heavy atom. The van der Waals surface area contributed by atoms with Gasteiger partial charge in [-0.05, 0) is 36.8 Å². The SMILES string of the molecule is CCOc1ccc(CNc2ccccc2S(C)(=O)=O)cc1. The van der Waals surface area contributed by atoms with Gasteiger partial charge in [0.1, 0.15) is 5.75 Å². The molecule has 0 aliphatic heterocycles. The van der Waals surface area contributed by atoms with Crippen LogP contribution in [0.2, 0.25) is 0 Å². The number of rotatable bonds is 6. The van der Waals surface area contributed by atoms with Crippen molar-refractivity contribution in [3.63, 3.8) is 0 Å². The second kappa shape index (κ2) is 6.63. The summed E-state index contributed by atoms with van der Waals surface area (Å²) in [6, 6.07) is 14.6. The van der Waals surface area contributed by atoms with Gasteiger partial charge in [-0.15, -0.1) is 0 Å². The molecule has 21 heavy (non-hydrogen) atoms. The monoisotopic (exact) mass is 305 g/mol. The maximum Gasteiger partial charge on any atom is 0.177 e. The van der Waals surface area contributed by atoms with Gasteiger partial charge in [-0.3, -0.25) is 0 Å². The van der Waals surface area contributed by atoms with Gasteiger partial charge in [0, 0.05) is 12.8 Å². The van der Waals surface area contributed by atoms with Crippen molar-refractivity contribution in [2.75, 3.05) is 18.2 Å². The third-order valence-electron chi connectivity index (χ3n) is 3.00. The fourth-order valence-electron chi connectivity index (χ4n) is 2.00. The van der Waals surface area contributed by atoms with Crippen molar-refractivity contribution in [1.82, 2.24) is 0 Å². The molecule has 0 unspecified atom stereocenters.